The third kappa shape index (κ3) is 1.61. The molecule has 6 heteroatoms. The fraction of sp³-hybridized carbons (Fsp3) is 0.800. The molecule has 1 aliphatic heterocycles. The summed E-state index contributed by atoms with van der Waals surface area (Å²) in [5.41, 5.74) is -1.09. The molecule has 1 rings (SSSR count). The fourth-order valence-corrected chi connectivity index (χ4v) is 2.05. The zero-order chi connectivity index (χ0) is 8.65. The van der Waals surface area contributed by atoms with Crippen molar-refractivity contribution >= 4 is 13.5 Å². The highest BCUT2D eigenvalue weighted by molar-refractivity contribution is 7.53. The lowest BCUT2D eigenvalue weighted by Gasteiger charge is -2.10. The van der Waals surface area contributed by atoms with E-state index >= 15 is 0 Å². The van der Waals surface area contributed by atoms with Gasteiger partial charge in [0, 0.05) is 13.6 Å². The van der Waals surface area contributed by atoms with Gasteiger partial charge in [-0.2, -0.15) is 0 Å². The summed E-state index contributed by atoms with van der Waals surface area (Å²) in [5.74, 6) is -0.446. The van der Waals surface area contributed by atoms with Crippen molar-refractivity contribution < 1.29 is 19.1 Å². The lowest BCUT2D eigenvalue weighted by molar-refractivity contribution is -0.126. The number of carbonyl (C=O) groups is 1. The predicted molar refractivity (Wildman–Crippen MR) is 38.1 cm³/mol. The minimum absolute atomic E-state index is 0.264. The summed E-state index contributed by atoms with van der Waals surface area (Å²) in [4.78, 5) is 29.7. The third-order valence-electron chi connectivity index (χ3n) is 1.81. The molecule has 0 saturated carbocycles. The van der Waals surface area contributed by atoms with Crippen LogP contribution >= 0.6 is 7.60 Å². The summed E-state index contributed by atoms with van der Waals surface area (Å²) in [6.07, 6.45) is 0.264. The van der Waals surface area contributed by atoms with Gasteiger partial charge in [0.25, 0.3) is 0 Å². The molecular weight excluding hydrogens is 169 g/mol. The Morgan fingerprint density at radius 1 is 1.64 bits per heavy atom. The Labute approximate surface area is 64.2 Å². The predicted octanol–water partition coefficient (Wildman–Crippen LogP) is -0.605. The van der Waals surface area contributed by atoms with Crippen LogP contribution < -0.4 is 0 Å². The highest BCUT2D eigenvalue weighted by atomic mass is 31.2. The molecule has 0 bridgehead atoms. The van der Waals surface area contributed by atoms with Gasteiger partial charge in [-0.15, -0.1) is 0 Å². The maximum absolute atomic E-state index is 11.0. The van der Waals surface area contributed by atoms with Gasteiger partial charge in [-0.3, -0.25) is 9.36 Å². The Balaban J connectivity index is 2.78. The molecule has 1 unspecified atom stereocenters. The van der Waals surface area contributed by atoms with Gasteiger partial charge >= 0.3 is 7.60 Å². The van der Waals surface area contributed by atoms with Crippen LogP contribution in [0.2, 0.25) is 0 Å². The molecule has 1 amide bonds. The maximum atomic E-state index is 11.0. The number of hydrogen-bond acceptors (Lipinski definition) is 2. The van der Waals surface area contributed by atoms with E-state index < -0.39 is 19.2 Å². The minimum atomic E-state index is -4.20. The average molecular weight is 179 g/mol. The molecule has 1 atom stereocenters. The number of nitrogens with zero attached hydrogens (tertiary/aromatic N) is 1. The molecule has 11 heavy (non-hydrogen) atoms. The van der Waals surface area contributed by atoms with Crippen LogP contribution in [0.4, 0.5) is 0 Å². The second-order valence-corrected chi connectivity index (χ2v) is 4.45. The normalized spacial score (nSPS) is 26.3. The van der Waals surface area contributed by atoms with E-state index in [2.05, 4.69) is 0 Å². The van der Waals surface area contributed by atoms with Crippen molar-refractivity contribution in [2.45, 2.75) is 12.1 Å². The highest BCUT2D eigenvalue weighted by Crippen LogP contribution is 2.45. The summed E-state index contributed by atoms with van der Waals surface area (Å²) in [6.45, 7) is 0.439. The van der Waals surface area contributed by atoms with E-state index in [9.17, 15) is 9.36 Å². The Bertz CT molecular complexity index is 223. The lowest BCUT2D eigenvalue weighted by atomic mass is 10.4. The number of likely N-dealkylation sites (tertiary alicyclic amines) is 1. The highest BCUT2D eigenvalue weighted by Gasteiger charge is 2.41. The summed E-state index contributed by atoms with van der Waals surface area (Å²) in [7, 11) is -2.66. The van der Waals surface area contributed by atoms with Crippen LogP contribution in [0.15, 0.2) is 0 Å². The molecule has 1 heterocycles. The van der Waals surface area contributed by atoms with Crippen LogP contribution in [0.5, 0.6) is 0 Å². The molecule has 2 N–H and O–H groups in total. The van der Waals surface area contributed by atoms with Crippen LogP contribution in [0.25, 0.3) is 0 Å². The van der Waals surface area contributed by atoms with Crippen LogP contribution in [0, 0.1) is 0 Å². The zero-order valence-corrected chi connectivity index (χ0v) is 6.99. The molecule has 1 saturated heterocycles. The SMILES string of the molecule is CN1CCC(P(=O)(O)O)C1=O. The molecule has 0 aliphatic carbocycles. The van der Waals surface area contributed by atoms with Gasteiger partial charge < -0.3 is 14.7 Å². The first kappa shape index (κ1) is 8.71. The first-order valence-corrected chi connectivity index (χ1v) is 4.91. The molecule has 0 radical (unpaired) electrons. The first-order chi connectivity index (χ1) is 4.93. The Morgan fingerprint density at radius 2 is 2.18 bits per heavy atom. The van der Waals surface area contributed by atoms with Crippen molar-refractivity contribution in [3.05, 3.63) is 0 Å². The molecule has 5 nitrogen and oxygen atoms in total. The molecule has 0 spiro atoms. The van der Waals surface area contributed by atoms with Crippen molar-refractivity contribution in [2.75, 3.05) is 13.6 Å². The monoisotopic (exact) mass is 179 g/mol. The fourth-order valence-electron chi connectivity index (χ4n) is 1.12. The molecular formula is C5H10NO4P. The zero-order valence-electron chi connectivity index (χ0n) is 6.10. The van der Waals surface area contributed by atoms with E-state index in [0.29, 0.717) is 6.54 Å². The minimum Gasteiger partial charge on any atom is -0.345 e. The van der Waals surface area contributed by atoms with E-state index in [0.717, 1.165) is 0 Å². The maximum Gasteiger partial charge on any atom is 0.338 e. The largest absolute Gasteiger partial charge is 0.345 e. The van der Waals surface area contributed by atoms with Crippen LogP contribution in [-0.2, 0) is 9.36 Å². The van der Waals surface area contributed by atoms with E-state index in [1.807, 2.05) is 0 Å². The lowest BCUT2D eigenvalue weighted by Crippen LogP contribution is -2.25. The van der Waals surface area contributed by atoms with E-state index in [1.165, 1.54) is 11.9 Å². The summed E-state index contributed by atoms with van der Waals surface area (Å²) < 4.78 is 10.6. The molecule has 64 valence electrons. The molecule has 0 aromatic carbocycles. The third-order valence-corrected chi connectivity index (χ3v) is 3.10. The van der Waals surface area contributed by atoms with Gasteiger partial charge in [-0.05, 0) is 6.42 Å². The van der Waals surface area contributed by atoms with Gasteiger partial charge in [0.1, 0.15) is 5.66 Å². The van der Waals surface area contributed by atoms with Gasteiger partial charge in [0.2, 0.25) is 5.91 Å². The van der Waals surface area contributed by atoms with Crippen LogP contribution in [0.1, 0.15) is 6.42 Å². The second-order valence-electron chi connectivity index (χ2n) is 2.65. The van der Waals surface area contributed by atoms with Crippen molar-refractivity contribution in [1.29, 1.82) is 0 Å². The number of rotatable bonds is 1. The quantitative estimate of drug-likeness (QED) is 0.526. The number of hydrogen-bond donors (Lipinski definition) is 2. The standard InChI is InChI=1S/C5H10NO4P/c1-6-3-2-4(5(6)7)11(8,9)10/h4H,2-3H2,1H3,(H2,8,9,10). The van der Waals surface area contributed by atoms with E-state index in [1.54, 1.807) is 0 Å². The molecule has 0 aromatic heterocycles. The van der Waals surface area contributed by atoms with Crippen LogP contribution in [0.3, 0.4) is 0 Å². The van der Waals surface area contributed by atoms with Crippen molar-refractivity contribution in [3.63, 3.8) is 0 Å². The average Bonchev–Trinajstić information content (AvgIpc) is 2.11. The van der Waals surface area contributed by atoms with Crippen LogP contribution in [-0.4, -0.2) is 39.8 Å². The summed E-state index contributed by atoms with van der Waals surface area (Å²) >= 11 is 0. The Morgan fingerprint density at radius 3 is 2.36 bits per heavy atom. The smallest absolute Gasteiger partial charge is 0.338 e. The first-order valence-electron chi connectivity index (χ1n) is 3.23. The van der Waals surface area contributed by atoms with Crippen molar-refractivity contribution in [3.8, 4) is 0 Å². The van der Waals surface area contributed by atoms with E-state index in [-0.39, 0.29) is 6.42 Å². The Kier molecular flexibility index (Phi) is 2.05. The molecule has 1 fully saturated rings. The van der Waals surface area contributed by atoms with Gasteiger partial charge in [-0.1, -0.05) is 0 Å². The number of carbonyl (C=O) groups excluding carboxylic acids is 1. The molecule has 0 aromatic rings. The van der Waals surface area contributed by atoms with Gasteiger partial charge in [0.05, 0.1) is 0 Å². The van der Waals surface area contributed by atoms with Gasteiger partial charge in [-0.25, -0.2) is 0 Å². The number of amides is 1. The molecule has 1 aliphatic rings. The Hall–Kier alpha value is -0.380. The second kappa shape index (κ2) is 2.59. The summed E-state index contributed by atoms with van der Waals surface area (Å²) in [6, 6.07) is 0. The van der Waals surface area contributed by atoms with Crippen molar-refractivity contribution in [2.24, 2.45) is 0 Å². The van der Waals surface area contributed by atoms with E-state index in [4.69, 9.17) is 9.79 Å². The topological polar surface area (TPSA) is 77.8 Å². The van der Waals surface area contributed by atoms with Crippen molar-refractivity contribution in [1.82, 2.24) is 4.90 Å². The van der Waals surface area contributed by atoms with Gasteiger partial charge in [0.15, 0.2) is 0 Å². The summed E-state index contributed by atoms with van der Waals surface area (Å²) in [5, 5.41) is 0.